The number of nitrogens with one attached hydrogen (secondary N) is 1. The quantitative estimate of drug-likeness (QED) is 0.910. The summed E-state index contributed by atoms with van der Waals surface area (Å²) in [4.78, 5) is 34.6. The molecule has 0 bridgehead atoms. The number of hydrogen-bond acceptors (Lipinski definition) is 5. The van der Waals surface area contributed by atoms with Crippen LogP contribution in [0.15, 0.2) is 41.5 Å². The van der Waals surface area contributed by atoms with Gasteiger partial charge in [0.05, 0.1) is 12.2 Å². The molecule has 0 unspecified atom stereocenters. The molecule has 1 saturated heterocycles. The number of ether oxygens (including phenoxy) is 1. The average Bonchev–Trinajstić information content (AvgIpc) is 2.62. The number of carbonyl (C=O) groups is 1. The van der Waals surface area contributed by atoms with E-state index in [1.54, 1.807) is 35.5 Å². The molecule has 0 aliphatic carbocycles. The van der Waals surface area contributed by atoms with Gasteiger partial charge in [0.2, 0.25) is 11.4 Å². The van der Waals surface area contributed by atoms with Gasteiger partial charge < -0.3 is 19.5 Å². The number of amides is 1. The van der Waals surface area contributed by atoms with Crippen molar-refractivity contribution in [2.24, 2.45) is 0 Å². The largest absolute Gasteiger partial charge is 0.478 e. The molecule has 24 heavy (non-hydrogen) atoms. The molecule has 3 heterocycles. The van der Waals surface area contributed by atoms with Crippen molar-refractivity contribution in [3.63, 3.8) is 0 Å². The Hall–Kier alpha value is -2.83. The molecule has 0 saturated carbocycles. The number of aromatic amines is 1. The maximum atomic E-state index is 12.5. The lowest BCUT2D eigenvalue weighted by Gasteiger charge is -2.36. The minimum absolute atomic E-state index is 0.0314. The smallest absolute Gasteiger partial charge is 0.255 e. The Balaban J connectivity index is 1.61. The van der Waals surface area contributed by atoms with E-state index in [1.807, 2.05) is 13.0 Å². The number of aromatic nitrogens is 2. The van der Waals surface area contributed by atoms with Gasteiger partial charge in [-0.25, -0.2) is 4.98 Å². The number of H-pyrrole nitrogens is 1. The highest BCUT2D eigenvalue weighted by Crippen LogP contribution is 2.16. The van der Waals surface area contributed by atoms with Crippen LogP contribution in [0.3, 0.4) is 0 Å². The van der Waals surface area contributed by atoms with Crippen LogP contribution >= 0.6 is 0 Å². The molecule has 1 aliphatic heterocycles. The van der Waals surface area contributed by atoms with Gasteiger partial charge in [0, 0.05) is 56.4 Å². The van der Waals surface area contributed by atoms with E-state index in [9.17, 15) is 9.59 Å². The van der Waals surface area contributed by atoms with Gasteiger partial charge in [0.15, 0.2) is 0 Å². The lowest BCUT2D eigenvalue weighted by Crippen LogP contribution is -2.49. The van der Waals surface area contributed by atoms with Crippen molar-refractivity contribution < 1.29 is 9.53 Å². The summed E-state index contributed by atoms with van der Waals surface area (Å²) in [7, 11) is 0. The second-order valence-electron chi connectivity index (χ2n) is 5.51. The van der Waals surface area contributed by atoms with Crippen LogP contribution in [0.5, 0.6) is 5.88 Å². The van der Waals surface area contributed by atoms with E-state index in [-0.39, 0.29) is 11.5 Å². The van der Waals surface area contributed by atoms with Crippen molar-refractivity contribution in [1.82, 2.24) is 14.9 Å². The third-order valence-corrected chi connectivity index (χ3v) is 3.97. The predicted octanol–water partition coefficient (Wildman–Crippen LogP) is 1.13. The summed E-state index contributed by atoms with van der Waals surface area (Å²) in [6, 6.07) is 6.90. The molecule has 0 radical (unpaired) electrons. The van der Waals surface area contributed by atoms with Gasteiger partial charge in [-0.05, 0) is 19.1 Å². The van der Waals surface area contributed by atoms with Gasteiger partial charge in [0.1, 0.15) is 0 Å². The normalized spacial score (nSPS) is 14.5. The Bertz CT molecular complexity index is 749. The molecule has 7 nitrogen and oxygen atoms in total. The molecular weight excluding hydrogens is 308 g/mol. The zero-order valence-corrected chi connectivity index (χ0v) is 13.6. The minimum Gasteiger partial charge on any atom is -0.478 e. The number of piperazine rings is 1. The summed E-state index contributed by atoms with van der Waals surface area (Å²) < 4.78 is 5.29. The van der Waals surface area contributed by atoms with E-state index in [0.29, 0.717) is 44.2 Å². The predicted molar refractivity (Wildman–Crippen MR) is 90.6 cm³/mol. The van der Waals surface area contributed by atoms with E-state index >= 15 is 0 Å². The molecule has 126 valence electrons. The topological polar surface area (TPSA) is 78.5 Å². The van der Waals surface area contributed by atoms with Crippen LogP contribution in [0.25, 0.3) is 0 Å². The first-order valence-electron chi connectivity index (χ1n) is 7.99. The van der Waals surface area contributed by atoms with Crippen LogP contribution in [-0.4, -0.2) is 53.6 Å². The van der Waals surface area contributed by atoms with Crippen molar-refractivity contribution in [2.75, 3.05) is 37.7 Å². The summed E-state index contributed by atoms with van der Waals surface area (Å²) in [6.07, 6.45) is 3.19. The van der Waals surface area contributed by atoms with E-state index < -0.39 is 0 Å². The molecule has 2 aromatic heterocycles. The fourth-order valence-corrected chi connectivity index (χ4v) is 2.72. The highest BCUT2D eigenvalue weighted by molar-refractivity contribution is 5.94. The Labute approximate surface area is 139 Å². The molecule has 2 aromatic rings. The molecular formula is C17H20N4O3. The van der Waals surface area contributed by atoms with Crippen molar-refractivity contribution >= 4 is 11.6 Å². The third-order valence-electron chi connectivity index (χ3n) is 3.97. The molecule has 0 aromatic carbocycles. The summed E-state index contributed by atoms with van der Waals surface area (Å²) in [5.74, 6) is 0.490. The van der Waals surface area contributed by atoms with Gasteiger partial charge in [-0.3, -0.25) is 9.59 Å². The van der Waals surface area contributed by atoms with Crippen molar-refractivity contribution in [1.29, 1.82) is 0 Å². The number of carbonyl (C=O) groups excluding carboxylic acids is 1. The maximum absolute atomic E-state index is 12.5. The first-order valence-corrected chi connectivity index (χ1v) is 7.99. The number of anilines is 1. The van der Waals surface area contributed by atoms with E-state index in [0.717, 1.165) is 5.69 Å². The Morgan fingerprint density at radius 1 is 1.25 bits per heavy atom. The van der Waals surface area contributed by atoms with Gasteiger partial charge in [0.25, 0.3) is 5.91 Å². The fourth-order valence-electron chi connectivity index (χ4n) is 2.72. The summed E-state index contributed by atoms with van der Waals surface area (Å²) in [5, 5.41) is 0. The maximum Gasteiger partial charge on any atom is 0.255 e. The number of pyridine rings is 2. The van der Waals surface area contributed by atoms with Gasteiger partial charge in [-0.1, -0.05) is 0 Å². The summed E-state index contributed by atoms with van der Waals surface area (Å²) >= 11 is 0. The van der Waals surface area contributed by atoms with Crippen LogP contribution in [0.1, 0.15) is 17.3 Å². The number of rotatable bonds is 4. The zero-order valence-electron chi connectivity index (χ0n) is 13.6. The molecule has 1 fully saturated rings. The SMILES string of the molecule is CCOc1ccc(C(=O)N2CCN(c3cc[nH]c(=O)c3)CC2)cn1. The Morgan fingerprint density at radius 3 is 2.67 bits per heavy atom. The number of hydrogen-bond donors (Lipinski definition) is 1. The highest BCUT2D eigenvalue weighted by Gasteiger charge is 2.22. The average molecular weight is 328 g/mol. The molecule has 0 spiro atoms. The number of nitrogens with zero attached hydrogens (tertiary/aromatic N) is 3. The molecule has 3 rings (SSSR count). The van der Waals surface area contributed by atoms with E-state index in [2.05, 4.69) is 14.9 Å². The van der Waals surface area contributed by atoms with Gasteiger partial charge in [-0.2, -0.15) is 0 Å². The monoisotopic (exact) mass is 328 g/mol. The zero-order chi connectivity index (χ0) is 16.9. The molecule has 1 aliphatic rings. The fraction of sp³-hybridized carbons (Fsp3) is 0.353. The van der Waals surface area contributed by atoms with Crippen LogP contribution < -0.4 is 15.2 Å². The lowest BCUT2D eigenvalue weighted by molar-refractivity contribution is 0.0746. The van der Waals surface area contributed by atoms with E-state index in [1.165, 1.54) is 0 Å². The Morgan fingerprint density at radius 2 is 2.04 bits per heavy atom. The van der Waals surface area contributed by atoms with Gasteiger partial charge >= 0.3 is 0 Å². The third kappa shape index (κ3) is 3.56. The second-order valence-corrected chi connectivity index (χ2v) is 5.51. The summed E-state index contributed by atoms with van der Waals surface area (Å²) in [5.41, 5.74) is 1.32. The first-order chi connectivity index (χ1) is 11.7. The standard InChI is InChI=1S/C17H20N4O3/c1-2-24-16-4-3-13(12-19-16)17(23)21-9-7-20(8-10-21)14-5-6-18-15(22)11-14/h3-6,11-12H,2,7-10H2,1H3,(H,18,22). The Kier molecular flexibility index (Phi) is 4.79. The summed E-state index contributed by atoms with van der Waals surface area (Å²) in [6.45, 7) is 5.04. The molecule has 0 atom stereocenters. The molecule has 1 amide bonds. The van der Waals surface area contributed by atoms with Crippen LogP contribution in [0.4, 0.5) is 5.69 Å². The first kappa shape index (κ1) is 16.0. The molecule has 1 N–H and O–H groups in total. The van der Waals surface area contributed by atoms with Crippen molar-refractivity contribution in [3.05, 3.63) is 52.6 Å². The lowest BCUT2D eigenvalue weighted by atomic mass is 10.2. The van der Waals surface area contributed by atoms with Crippen molar-refractivity contribution in [3.8, 4) is 5.88 Å². The highest BCUT2D eigenvalue weighted by atomic mass is 16.5. The van der Waals surface area contributed by atoms with Crippen LogP contribution in [-0.2, 0) is 0 Å². The minimum atomic E-state index is -0.119. The van der Waals surface area contributed by atoms with Gasteiger partial charge in [-0.15, -0.1) is 0 Å². The van der Waals surface area contributed by atoms with Crippen LogP contribution in [0, 0.1) is 0 Å². The van der Waals surface area contributed by atoms with Crippen molar-refractivity contribution in [2.45, 2.75) is 6.92 Å². The van der Waals surface area contributed by atoms with E-state index in [4.69, 9.17) is 4.74 Å². The molecule has 7 heteroatoms. The second kappa shape index (κ2) is 7.16. The van der Waals surface area contributed by atoms with Crippen LogP contribution in [0.2, 0.25) is 0 Å².